The highest BCUT2D eigenvalue weighted by atomic mass is 19.1. The molecule has 43 heavy (non-hydrogen) atoms. The number of methoxy groups -OCH3 is 1. The monoisotopic (exact) mass is 584 g/mol. The van der Waals surface area contributed by atoms with E-state index in [9.17, 15) is 9.59 Å². The fourth-order valence-corrected chi connectivity index (χ4v) is 5.84. The molecule has 1 aliphatic heterocycles. The summed E-state index contributed by atoms with van der Waals surface area (Å²) in [6, 6.07) is 11.7. The number of aromatic nitrogens is 3. The van der Waals surface area contributed by atoms with Gasteiger partial charge in [0.05, 0.1) is 36.1 Å². The molecule has 0 atom stereocenters. The molecular formula is C32H33FN6O4. The van der Waals surface area contributed by atoms with E-state index in [-0.39, 0.29) is 23.6 Å². The molecule has 0 radical (unpaired) electrons. The van der Waals surface area contributed by atoms with E-state index in [1.807, 2.05) is 0 Å². The zero-order valence-corrected chi connectivity index (χ0v) is 23.9. The summed E-state index contributed by atoms with van der Waals surface area (Å²) in [6.45, 7) is 1.70. The van der Waals surface area contributed by atoms with Gasteiger partial charge in [-0.2, -0.15) is 0 Å². The van der Waals surface area contributed by atoms with Crippen LogP contribution >= 0.6 is 0 Å². The number of nitrogens with one attached hydrogen (secondary N) is 1. The first kappa shape index (κ1) is 28.6. The maximum absolute atomic E-state index is 15.5. The van der Waals surface area contributed by atoms with Crippen molar-refractivity contribution in [3.8, 4) is 22.4 Å². The summed E-state index contributed by atoms with van der Waals surface area (Å²) in [7, 11) is 1.74. The van der Waals surface area contributed by atoms with Crippen LogP contribution in [0.2, 0.25) is 0 Å². The smallest absolute Gasteiger partial charge is 0.256 e. The molecule has 4 aromatic rings. The lowest BCUT2D eigenvalue weighted by molar-refractivity contribution is 0.0300. The summed E-state index contributed by atoms with van der Waals surface area (Å²) in [6.07, 6.45) is 7.26. The number of hydrogen-bond donors (Lipinski definition) is 2. The highest BCUT2D eigenvalue weighted by Gasteiger charge is 2.24. The summed E-state index contributed by atoms with van der Waals surface area (Å²) < 4.78 is 26.3. The number of anilines is 1. The number of primary amides is 1. The second-order valence-electron chi connectivity index (χ2n) is 10.8. The van der Waals surface area contributed by atoms with Gasteiger partial charge in [0.25, 0.3) is 5.91 Å². The predicted octanol–water partition coefficient (Wildman–Crippen LogP) is 4.44. The zero-order valence-electron chi connectivity index (χ0n) is 23.9. The molecule has 2 amide bonds. The second kappa shape index (κ2) is 12.4. The molecule has 6 rings (SSSR count). The largest absolute Gasteiger partial charge is 0.381 e. The van der Waals surface area contributed by atoms with Crippen LogP contribution < -0.4 is 11.1 Å². The van der Waals surface area contributed by atoms with E-state index in [4.69, 9.17) is 20.2 Å². The van der Waals surface area contributed by atoms with E-state index in [0.717, 1.165) is 25.7 Å². The number of amides is 2. The van der Waals surface area contributed by atoms with E-state index >= 15 is 4.39 Å². The number of nitrogens with zero attached hydrogens (tertiary/aromatic N) is 4. The van der Waals surface area contributed by atoms with Gasteiger partial charge in [-0.3, -0.25) is 14.6 Å². The number of rotatable bonds is 7. The molecule has 1 saturated carbocycles. The fraction of sp³-hybridized carbons (Fsp3) is 0.344. The quantitative estimate of drug-likeness (QED) is 0.326. The van der Waals surface area contributed by atoms with Gasteiger partial charge in [-0.05, 0) is 49.4 Å². The first-order chi connectivity index (χ1) is 20.9. The van der Waals surface area contributed by atoms with Crippen LogP contribution in [0.5, 0.6) is 0 Å². The van der Waals surface area contributed by atoms with Gasteiger partial charge in [0, 0.05) is 60.7 Å². The van der Waals surface area contributed by atoms with Crippen molar-refractivity contribution < 1.29 is 23.5 Å². The van der Waals surface area contributed by atoms with Gasteiger partial charge in [0.1, 0.15) is 5.82 Å². The number of carbonyl (C=O) groups excluding carboxylic acids is 2. The summed E-state index contributed by atoms with van der Waals surface area (Å²) in [5.74, 6) is -1.14. The van der Waals surface area contributed by atoms with Gasteiger partial charge in [-0.1, -0.05) is 24.3 Å². The Kier molecular flexibility index (Phi) is 8.26. The first-order valence-corrected chi connectivity index (χ1v) is 14.4. The number of carbonyl (C=O) groups is 2. The molecule has 3 heterocycles. The molecule has 222 valence electrons. The van der Waals surface area contributed by atoms with Crippen LogP contribution in [0.25, 0.3) is 33.3 Å². The minimum absolute atomic E-state index is 0.00133. The van der Waals surface area contributed by atoms with E-state index in [0.29, 0.717) is 71.1 Å². The van der Waals surface area contributed by atoms with E-state index < -0.39 is 11.7 Å². The predicted molar refractivity (Wildman–Crippen MR) is 160 cm³/mol. The maximum atomic E-state index is 15.5. The highest BCUT2D eigenvalue weighted by molar-refractivity contribution is 6.06. The minimum atomic E-state index is -0.632. The molecule has 0 spiro atoms. The summed E-state index contributed by atoms with van der Waals surface area (Å²) >= 11 is 0. The SMILES string of the molecule is COC1CCC(Nc2ncc3c(-c4ccccc4C(N)=O)ncc(-c4ccc(C(=O)N5CCOCC5)c(F)c4)c3n2)CC1. The maximum Gasteiger partial charge on any atom is 0.256 e. The minimum Gasteiger partial charge on any atom is -0.381 e. The highest BCUT2D eigenvalue weighted by Crippen LogP contribution is 2.35. The van der Waals surface area contributed by atoms with Crippen molar-refractivity contribution in [2.45, 2.75) is 37.8 Å². The third-order valence-corrected chi connectivity index (χ3v) is 8.22. The number of pyridine rings is 1. The number of nitrogens with two attached hydrogens (primary N) is 1. The lowest BCUT2D eigenvalue weighted by atomic mass is 9.93. The molecule has 2 aliphatic rings. The van der Waals surface area contributed by atoms with Crippen molar-refractivity contribution in [1.82, 2.24) is 19.9 Å². The van der Waals surface area contributed by atoms with E-state index in [1.54, 1.807) is 54.7 Å². The average molecular weight is 585 g/mol. The van der Waals surface area contributed by atoms with Gasteiger partial charge in [0.15, 0.2) is 0 Å². The van der Waals surface area contributed by atoms with Crippen molar-refractivity contribution in [1.29, 1.82) is 0 Å². The van der Waals surface area contributed by atoms with Crippen LogP contribution in [0.15, 0.2) is 54.9 Å². The van der Waals surface area contributed by atoms with E-state index in [1.165, 1.54) is 12.1 Å². The van der Waals surface area contributed by atoms with Crippen LogP contribution in [0.3, 0.4) is 0 Å². The van der Waals surface area contributed by atoms with Crippen molar-refractivity contribution in [3.63, 3.8) is 0 Å². The number of hydrogen-bond acceptors (Lipinski definition) is 8. The number of fused-ring (bicyclic) bond motifs is 1. The molecule has 11 heteroatoms. The molecule has 2 aromatic carbocycles. The Morgan fingerprint density at radius 2 is 1.77 bits per heavy atom. The van der Waals surface area contributed by atoms with Gasteiger partial charge in [-0.15, -0.1) is 0 Å². The molecule has 3 N–H and O–H groups in total. The van der Waals surface area contributed by atoms with Crippen LogP contribution in [0, 0.1) is 5.82 Å². The third kappa shape index (κ3) is 5.91. The molecular weight excluding hydrogens is 551 g/mol. The van der Waals surface area contributed by atoms with Gasteiger partial charge < -0.3 is 25.4 Å². The molecule has 0 unspecified atom stereocenters. The standard InChI is InChI=1S/C32H33FN6O4/c1-42-21-9-7-20(8-10-21)37-32-36-18-26-28(22-4-2-3-5-23(22)30(34)40)35-17-25(29(26)38-32)19-6-11-24(27(33)16-19)31(41)39-12-14-43-15-13-39/h2-6,11,16-18,20-21H,7-10,12-15H2,1H3,(H2,34,40)(H,36,37,38). The van der Waals surface area contributed by atoms with E-state index in [2.05, 4.69) is 15.3 Å². The van der Waals surface area contributed by atoms with Crippen LogP contribution in [0.4, 0.5) is 10.3 Å². The van der Waals surface area contributed by atoms with Crippen molar-refractivity contribution in [2.75, 3.05) is 38.7 Å². The number of morpholine rings is 1. The summed E-state index contributed by atoms with van der Waals surface area (Å²) in [5.41, 5.74) is 8.63. The normalized spacial score (nSPS) is 18.9. The van der Waals surface area contributed by atoms with Crippen molar-refractivity contribution >= 4 is 28.7 Å². The second-order valence-corrected chi connectivity index (χ2v) is 10.8. The zero-order chi connectivity index (χ0) is 29.9. The Labute approximate surface area is 248 Å². The van der Waals surface area contributed by atoms with Gasteiger partial charge in [0.2, 0.25) is 11.9 Å². The Morgan fingerprint density at radius 1 is 1.00 bits per heavy atom. The number of halogens is 1. The molecule has 1 aliphatic carbocycles. The van der Waals surface area contributed by atoms with Crippen LogP contribution in [-0.2, 0) is 9.47 Å². The first-order valence-electron chi connectivity index (χ1n) is 14.4. The van der Waals surface area contributed by atoms with Crippen molar-refractivity contribution in [2.24, 2.45) is 5.73 Å². The summed E-state index contributed by atoms with van der Waals surface area (Å²) in [5, 5.41) is 4.03. The van der Waals surface area contributed by atoms with Gasteiger partial charge in [-0.25, -0.2) is 14.4 Å². The molecule has 0 bridgehead atoms. The Bertz CT molecular complexity index is 1670. The molecule has 10 nitrogen and oxygen atoms in total. The van der Waals surface area contributed by atoms with Crippen LogP contribution in [-0.4, -0.2) is 77.2 Å². The molecule has 1 saturated heterocycles. The van der Waals surface area contributed by atoms with Crippen molar-refractivity contribution in [3.05, 3.63) is 71.8 Å². The topological polar surface area (TPSA) is 133 Å². The lowest BCUT2D eigenvalue weighted by Gasteiger charge is -2.28. The number of ether oxygens (including phenoxy) is 2. The van der Waals surface area contributed by atoms with Gasteiger partial charge >= 0.3 is 0 Å². The molecule has 2 fully saturated rings. The number of benzene rings is 2. The average Bonchev–Trinajstić information content (AvgIpc) is 3.04. The lowest BCUT2D eigenvalue weighted by Crippen LogP contribution is -2.41. The fourth-order valence-electron chi connectivity index (χ4n) is 5.84. The Morgan fingerprint density at radius 3 is 2.49 bits per heavy atom. The Balaban J connectivity index is 1.42. The third-order valence-electron chi connectivity index (χ3n) is 8.22. The Hall–Kier alpha value is -4.48. The van der Waals surface area contributed by atoms with Crippen LogP contribution in [0.1, 0.15) is 46.4 Å². The summed E-state index contributed by atoms with van der Waals surface area (Å²) in [4.78, 5) is 41.0. The molecule has 2 aromatic heterocycles.